The molecular weight excluding hydrogens is 250 g/mol. The lowest BCUT2D eigenvalue weighted by Crippen LogP contribution is -2.46. The van der Waals surface area contributed by atoms with E-state index in [-0.39, 0.29) is 0 Å². The van der Waals surface area contributed by atoms with Crippen LogP contribution in [0.4, 0.5) is 0 Å². The van der Waals surface area contributed by atoms with Crippen LogP contribution in [0.2, 0.25) is 0 Å². The first-order chi connectivity index (χ1) is 9.73. The molecule has 104 valence electrons. The largest absolute Gasteiger partial charge is 0.385 e. The van der Waals surface area contributed by atoms with E-state index in [1.165, 1.54) is 12.8 Å². The number of hydrogen-bond acceptors (Lipinski definition) is 3. The van der Waals surface area contributed by atoms with Gasteiger partial charge in [0.05, 0.1) is 17.5 Å². The number of benzene rings is 1. The predicted octanol–water partition coefficient (Wildman–Crippen LogP) is 1.97. The minimum absolute atomic E-state index is 0.457. The van der Waals surface area contributed by atoms with Gasteiger partial charge in [-0.1, -0.05) is 18.2 Å². The van der Waals surface area contributed by atoms with Crippen LogP contribution in [0.3, 0.4) is 0 Å². The van der Waals surface area contributed by atoms with Crippen LogP contribution in [-0.2, 0) is 5.60 Å². The zero-order chi connectivity index (χ0) is 13.6. The number of aliphatic hydroxyl groups is 1. The van der Waals surface area contributed by atoms with E-state index >= 15 is 0 Å². The van der Waals surface area contributed by atoms with Crippen molar-refractivity contribution in [3.63, 3.8) is 0 Å². The number of nitrogens with zero attached hydrogens (tertiary/aromatic N) is 2. The summed E-state index contributed by atoms with van der Waals surface area (Å²) in [6, 6.07) is 10.9. The van der Waals surface area contributed by atoms with E-state index < -0.39 is 5.60 Å². The summed E-state index contributed by atoms with van der Waals surface area (Å²) in [4.78, 5) is 0. The Hall–Kier alpha value is -1.65. The Bertz CT molecular complexity index is 595. The summed E-state index contributed by atoms with van der Waals surface area (Å²) in [5.74, 6) is 0. The van der Waals surface area contributed by atoms with E-state index in [9.17, 15) is 5.11 Å². The van der Waals surface area contributed by atoms with Crippen LogP contribution in [0.1, 0.15) is 31.2 Å². The molecule has 20 heavy (non-hydrogen) atoms. The highest BCUT2D eigenvalue weighted by molar-refractivity contribution is 5.32. The number of para-hydroxylation sites is 1. The minimum atomic E-state index is -0.718. The highest BCUT2D eigenvalue weighted by Crippen LogP contribution is 2.40. The summed E-state index contributed by atoms with van der Waals surface area (Å²) in [5, 5.41) is 19.0. The van der Waals surface area contributed by atoms with Crippen molar-refractivity contribution in [2.24, 2.45) is 0 Å². The lowest BCUT2D eigenvalue weighted by atomic mass is 9.83. The van der Waals surface area contributed by atoms with E-state index in [0.29, 0.717) is 12.1 Å². The normalized spacial score (nSPS) is 32.5. The topological polar surface area (TPSA) is 50.1 Å². The second-order valence-corrected chi connectivity index (χ2v) is 6.09. The number of nitrogens with one attached hydrogen (secondary N) is 1. The van der Waals surface area contributed by atoms with Crippen molar-refractivity contribution < 1.29 is 5.11 Å². The van der Waals surface area contributed by atoms with E-state index in [1.807, 2.05) is 47.4 Å². The minimum Gasteiger partial charge on any atom is -0.385 e. The van der Waals surface area contributed by atoms with E-state index in [1.54, 1.807) is 0 Å². The maximum atomic E-state index is 11.0. The molecule has 2 saturated heterocycles. The third kappa shape index (κ3) is 1.96. The van der Waals surface area contributed by atoms with Crippen molar-refractivity contribution in [1.29, 1.82) is 0 Å². The molecule has 0 spiro atoms. The zero-order valence-electron chi connectivity index (χ0n) is 11.4. The Morgan fingerprint density at radius 2 is 1.85 bits per heavy atom. The summed E-state index contributed by atoms with van der Waals surface area (Å²) in [6.45, 7) is 0. The van der Waals surface area contributed by atoms with Gasteiger partial charge in [0, 0.05) is 23.8 Å². The van der Waals surface area contributed by atoms with Crippen LogP contribution in [-0.4, -0.2) is 27.0 Å². The highest BCUT2D eigenvalue weighted by Gasteiger charge is 2.44. The molecule has 2 bridgehead atoms. The van der Waals surface area contributed by atoms with Crippen molar-refractivity contribution in [3.05, 3.63) is 48.3 Å². The van der Waals surface area contributed by atoms with Gasteiger partial charge in [0.1, 0.15) is 0 Å². The Kier molecular flexibility index (Phi) is 2.69. The van der Waals surface area contributed by atoms with Crippen molar-refractivity contribution in [1.82, 2.24) is 15.1 Å². The molecule has 4 heteroatoms. The van der Waals surface area contributed by atoms with Crippen molar-refractivity contribution in [3.8, 4) is 5.69 Å². The summed E-state index contributed by atoms with van der Waals surface area (Å²) >= 11 is 0. The SMILES string of the molecule is OC1(c2cnn(-c3ccccc3)c2)CC2CCC(C1)N2. The molecule has 0 saturated carbocycles. The maximum Gasteiger partial charge on any atom is 0.0956 e. The predicted molar refractivity (Wildman–Crippen MR) is 76.6 cm³/mol. The van der Waals surface area contributed by atoms with Crippen molar-refractivity contribution in [2.75, 3.05) is 0 Å². The average Bonchev–Trinajstić information content (AvgIpc) is 3.08. The van der Waals surface area contributed by atoms with Gasteiger partial charge in [-0.05, 0) is 37.8 Å². The molecular formula is C16H19N3O. The molecule has 2 aliphatic rings. The number of piperidine rings is 1. The van der Waals surface area contributed by atoms with E-state index in [2.05, 4.69) is 10.4 Å². The number of rotatable bonds is 2. The van der Waals surface area contributed by atoms with Gasteiger partial charge in [-0.3, -0.25) is 0 Å². The maximum absolute atomic E-state index is 11.0. The standard InChI is InChI=1S/C16H19N3O/c20-16(8-13-6-7-14(9-16)18-13)12-10-17-19(11-12)15-4-2-1-3-5-15/h1-5,10-11,13-14,18,20H,6-9H2. The Balaban J connectivity index is 1.65. The molecule has 1 aromatic carbocycles. The van der Waals surface area contributed by atoms with Gasteiger partial charge in [0.2, 0.25) is 0 Å². The third-order valence-electron chi connectivity index (χ3n) is 4.64. The Labute approximate surface area is 118 Å². The molecule has 2 aliphatic heterocycles. The number of fused-ring (bicyclic) bond motifs is 2. The van der Waals surface area contributed by atoms with Gasteiger partial charge < -0.3 is 10.4 Å². The molecule has 2 N–H and O–H groups in total. The van der Waals surface area contributed by atoms with Crippen LogP contribution in [0, 0.1) is 0 Å². The van der Waals surface area contributed by atoms with Crippen molar-refractivity contribution >= 4 is 0 Å². The second-order valence-electron chi connectivity index (χ2n) is 6.09. The average molecular weight is 269 g/mol. The highest BCUT2D eigenvalue weighted by atomic mass is 16.3. The molecule has 0 radical (unpaired) electrons. The Morgan fingerprint density at radius 1 is 1.15 bits per heavy atom. The second kappa shape index (κ2) is 4.43. The first-order valence-electron chi connectivity index (χ1n) is 7.32. The summed E-state index contributed by atoms with van der Waals surface area (Å²) in [7, 11) is 0. The fourth-order valence-electron chi connectivity index (χ4n) is 3.64. The molecule has 0 aliphatic carbocycles. The van der Waals surface area contributed by atoms with Gasteiger partial charge in [0.25, 0.3) is 0 Å². The lowest BCUT2D eigenvalue weighted by Gasteiger charge is -2.36. The molecule has 2 unspecified atom stereocenters. The van der Waals surface area contributed by atoms with Gasteiger partial charge in [0.15, 0.2) is 0 Å². The van der Waals surface area contributed by atoms with Gasteiger partial charge in [-0.2, -0.15) is 5.10 Å². The summed E-state index contributed by atoms with van der Waals surface area (Å²) in [5.41, 5.74) is 1.25. The summed E-state index contributed by atoms with van der Waals surface area (Å²) < 4.78 is 1.84. The van der Waals surface area contributed by atoms with Gasteiger partial charge in [-0.15, -0.1) is 0 Å². The third-order valence-corrected chi connectivity index (χ3v) is 4.64. The lowest BCUT2D eigenvalue weighted by molar-refractivity contribution is -0.0114. The fraction of sp³-hybridized carbons (Fsp3) is 0.438. The van der Waals surface area contributed by atoms with Crippen LogP contribution in [0.25, 0.3) is 5.69 Å². The van der Waals surface area contributed by atoms with Crippen LogP contribution in [0.5, 0.6) is 0 Å². The smallest absolute Gasteiger partial charge is 0.0956 e. The zero-order valence-corrected chi connectivity index (χ0v) is 11.4. The fourth-order valence-corrected chi connectivity index (χ4v) is 3.64. The van der Waals surface area contributed by atoms with Crippen LogP contribution >= 0.6 is 0 Å². The molecule has 4 nitrogen and oxygen atoms in total. The molecule has 3 heterocycles. The van der Waals surface area contributed by atoms with E-state index in [0.717, 1.165) is 24.1 Å². The van der Waals surface area contributed by atoms with Crippen molar-refractivity contribution in [2.45, 2.75) is 43.4 Å². The number of hydrogen-bond donors (Lipinski definition) is 2. The van der Waals surface area contributed by atoms with Gasteiger partial charge >= 0.3 is 0 Å². The summed E-state index contributed by atoms with van der Waals surface area (Å²) in [6.07, 6.45) is 7.74. The molecule has 4 rings (SSSR count). The molecule has 2 atom stereocenters. The van der Waals surface area contributed by atoms with Crippen LogP contribution in [0.15, 0.2) is 42.7 Å². The quantitative estimate of drug-likeness (QED) is 0.876. The molecule has 2 aromatic rings. The van der Waals surface area contributed by atoms with Crippen LogP contribution < -0.4 is 5.32 Å². The first-order valence-corrected chi connectivity index (χ1v) is 7.32. The number of aromatic nitrogens is 2. The monoisotopic (exact) mass is 269 g/mol. The van der Waals surface area contributed by atoms with Gasteiger partial charge in [-0.25, -0.2) is 4.68 Å². The molecule has 2 fully saturated rings. The molecule has 1 aromatic heterocycles. The Morgan fingerprint density at radius 3 is 2.55 bits per heavy atom. The van der Waals surface area contributed by atoms with E-state index in [4.69, 9.17) is 0 Å². The first kappa shape index (κ1) is 12.1. The molecule has 0 amide bonds.